The fraction of sp³-hybridized carbons (Fsp3) is 0.0625. The third-order valence-electron chi connectivity index (χ3n) is 3.34. The van der Waals surface area contributed by atoms with Crippen molar-refractivity contribution in [1.82, 2.24) is 0 Å². The van der Waals surface area contributed by atoms with Gasteiger partial charge in [0.2, 0.25) is 5.43 Å². The quantitative estimate of drug-likeness (QED) is 0.761. The molecule has 0 saturated carbocycles. The molecule has 0 aliphatic rings. The molecule has 0 spiro atoms. The molecule has 0 fully saturated rings. The van der Waals surface area contributed by atoms with Crippen LogP contribution in [0.25, 0.3) is 22.1 Å². The van der Waals surface area contributed by atoms with E-state index in [0.29, 0.717) is 12.1 Å². The molecule has 1 heterocycles. The monoisotopic (exact) mass is 301 g/mol. The summed E-state index contributed by atoms with van der Waals surface area (Å²) < 4.78 is 5.45. The Kier molecular flexibility index (Phi) is 3.41. The molecule has 0 aliphatic heterocycles. The Labute approximate surface area is 125 Å². The van der Waals surface area contributed by atoms with E-state index < -0.39 is 0 Å². The number of aromatic hydroxyl groups is 1. The highest BCUT2D eigenvalue weighted by atomic mass is 35.5. The first-order valence-corrected chi connectivity index (χ1v) is 6.72. The highest BCUT2D eigenvalue weighted by Gasteiger charge is 2.14. The van der Waals surface area contributed by atoms with E-state index in [0.717, 1.165) is 11.1 Å². The summed E-state index contributed by atoms with van der Waals surface area (Å²) in [5.74, 6) is -0.0502. The van der Waals surface area contributed by atoms with Gasteiger partial charge in [-0.05, 0) is 17.2 Å². The van der Waals surface area contributed by atoms with Gasteiger partial charge >= 0.3 is 0 Å². The van der Waals surface area contributed by atoms with Crippen LogP contribution in [0.15, 0.2) is 51.9 Å². The number of hydrogen-bond donors (Lipinski definition) is 2. The molecule has 5 heteroatoms. The van der Waals surface area contributed by atoms with Crippen LogP contribution in [-0.2, 0) is 6.54 Å². The molecule has 0 saturated heterocycles. The van der Waals surface area contributed by atoms with Crippen LogP contribution in [0, 0.1) is 0 Å². The number of halogens is 1. The number of nitrogens with two attached hydrogens (primary N) is 1. The SMILES string of the molecule is NCc1ccccc1-c1coc2cc(O)cc(Cl)c2c1=O. The maximum absolute atomic E-state index is 12.7. The zero-order valence-electron chi connectivity index (χ0n) is 11.0. The molecule has 2 aromatic carbocycles. The largest absolute Gasteiger partial charge is 0.508 e. The van der Waals surface area contributed by atoms with Gasteiger partial charge in [0.15, 0.2) is 0 Å². The van der Waals surface area contributed by atoms with Gasteiger partial charge in [-0.2, -0.15) is 0 Å². The number of hydrogen-bond acceptors (Lipinski definition) is 4. The summed E-state index contributed by atoms with van der Waals surface area (Å²) in [6, 6.07) is 10.0. The second kappa shape index (κ2) is 5.24. The molecule has 1 aromatic heterocycles. The average Bonchev–Trinajstić information content (AvgIpc) is 2.47. The van der Waals surface area contributed by atoms with E-state index in [1.165, 1.54) is 18.4 Å². The molecule has 3 rings (SSSR count). The summed E-state index contributed by atoms with van der Waals surface area (Å²) >= 11 is 6.06. The van der Waals surface area contributed by atoms with Gasteiger partial charge in [-0.1, -0.05) is 35.9 Å². The summed E-state index contributed by atoms with van der Waals surface area (Å²) in [6.07, 6.45) is 1.37. The van der Waals surface area contributed by atoms with Crippen LogP contribution < -0.4 is 11.2 Å². The normalized spacial score (nSPS) is 11.0. The zero-order chi connectivity index (χ0) is 15.0. The Balaban J connectivity index is 2.36. The van der Waals surface area contributed by atoms with Crippen LogP contribution in [-0.4, -0.2) is 5.11 Å². The lowest BCUT2D eigenvalue weighted by Crippen LogP contribution is -2.08. The van der Waals surface area contributed by atoms with Gasteiger partial charge in [0, 0.05) is 12.6 Å². The number of phenols is 1. The molecule has 21 heavy (non-hydrogen) atoms. The van der Waals surface area contributed by atoms with Gasteiger partial charge in [0.1, 0.15) is 17.6 Å². The number of benzene rings is 2. The molecular weight excluding hydrogens is 290 g/mol. The predicted molar refractivity (Wildman–Crippen MR) is 82.5 cm³/mol. The van der Waals surface area contributed by atoms with E-state index in [1.807, 2.05) is 24.3 Å². The fourth-order valence-corrected chi connectivity index (χ4v) is 2.63. The molecule has 106 valence electrons. The molecule has 0 aliphatic carbocycles. The van der Waals surface area contributed by atoms with E-state index in [9.17, 15) is 9.90 Å². The van der Waals surface area contributed by atoms with Crippen molar-refractivity contribution in [2.24, 2.45) is 5.73 Å². The standard InChI is InChI=1S/C16H12ClNO3/c17-13-5-10(19)6-14-15(13)16(20)12(8-21-14)11-4-2-1-3-9(11)7-18/h1-6,8,19H,7,18H2. The first-order valence-electron chi connectivity index (χ1n) is 6.34. The lowest BCUT2D eigenvalue weighted by Gasteiger charge is -2.08. The smallest absolute Gasteiger partial charge is 0.202 e. The second-order valence-corrected chi connectivity index (χ2v) is 5.05. The summed E-state index contributed by atoms with van der Waals surface area (Å²) in [5.41, 5.74) is 7.68. The number of phenolic OH excluding ortho intramolecular Hbond substituents is 1. The predicted octanol–water partition coefficient (Wildman–Crippen LogP) is 3.28. The first kappa shape index (κ1) is 13.7. The van der Waals surface area contributed by atoms with Crippen molar-refractivity contribution in [1.29, 1.82) is 0 Å². The van der Waals surface area contributed by atoms with E-state index >= 15 is 0 Å². The van der Waals surface area contributed by atoms with Crippen LogP contribution in [0.4, 0.5) is 0 Å². The summed E-state index contributed by atoms with van der Waals surface area (Å²) in [6.45, 7) is 0.316. The van der Waals surface area contributed by atoms with E-state index in [1.54, 1.807) is 0 Å². The lowest BCUT2D eigenvalue weighted by molar-refractivity contribution is 0.474. The molecule has 0 unspecified atom stereocenters. The van der Waals surface area contributed by atoms with Crippen molar-refractivity contribution in [3.8, 4) is 16.9 Å². The Morgan fingerprint density at radius 1 is 1.19 bits per heavy atom. The summed E-state index contributed by atoms with van der Waals surface area (Å²) in [4.78, 5) is 12.7. The van der Waals surface area contributed by atoms with Crippen molar-refractivity contribution in [2.75, 3.05) is 0 Å². The van der Waals surface area contributed by atoms with Crippen molar-refractivity contribution in [3.63, 3.8) is 0 Å². The van der Waals surface area contributed by atoms with Gasteiger partial charge in [-0.25, -0.2) is 0 Å². The third-order valence-corrected chi connectivity index (χ3v) is 3.64. The number of fused-ring (bicyclic) bond motifs is 1. The van der Waals surface area contributed by atoms with Crippen molar-refractivity contribution in [3.05, 3.63) is 63.5 Å². The van der Waals surface area contributed by atoms with Crippen LogP contribution in [0.3, 0.4) is 0 Å². The van der Waals surface area contributed by atoms with Gasteiger partial charge in [-0.15, -0.1) is 0 Å². The number of rotatable bonds is 2. The van der Waals surface area contributed by atoms with E-state index in [4.69, 9.17) is 21.8 Å². The zero-order valence-corrected chi connectivity index (χ0v) is 11.7. The Morgan fingerprint density at radius 3 is 2.71 bits per heavy atom. The van der Waals surface area contributed by atoms with Crippen LogP contribution in [0.1, 0.15) is 5.56 Å². The van der Waals surface area contributed by atoms with Gasteiger partial charge in [-0.3, -0.25) is 4.79 Å². The van der Waals surface area contributed by atoms with E-state index in [2.05, 4.69) is 0 Å². The van der Waals surface area contributed by atoms with Crippen molar-refractivity contribution < 1.29 is 9.52 Å². The minimum absolute atomic E-state index is 0.0502. The van der Waals surface area contributed by atoms with Gasteiger partial charge in [0.25, 0.3) is 0 Å². The molecule has 0 atom stereocenters. The molecule has 3 aromatic rings. The molecule has 0 amide bonds. The average molecular weight is 302 g/mol. The maximum Gasteiger partial charge on any atom is 0.202 e. The third kappa shape index (κ3) is 2.28. The van der Waals surface area contributed by atoms with Crippen LogP contribution in [0.2, 0.25) is 5.02 Å². The van der Waals surface area contributed by atoms with E-state index in [-0.39, 0.29) is 27.2 Å². The van der Waals surface area contributed by atoms with Gasteiger partial charge in [0.05, 0.1) is 16.0 Å². The van der Waals surface area contributed by atoms with Gasteiger partial charge < -0.3 is 15.3 Å². The fourth-order valence-electron chi connectivity index (χ4n) is 2.34. The minimum Gasteiger partial charge on any atom is -0.508 e. The molecule has 0 bridgehead atoms. The lowest BCUT2D eigenvalue weighted by atomic mass is 10.00. The molecule has 3 N–H and O–H groups in total. The Bertz CT molecular complexity index is 886. The molecule has 4 nitrogen and oxygen atoms in total. The Morgan fingerprint density at radius 2 is 1.95 bits per heavy atom. The highest BCUT2D eigenvalue weighted by Crippen LogP contribution is 2.29. The maximum atomic E-state index is 12.7. The van der Waals surface area contributed by atoms with Crippen LogP contribution >= 0.6 is 11.6 Å². The minimum atomic E-state index is -0.248. The highest BCUT2D eigenvalue weighted by molar-refractivity contribution is 6.35. The summed E-state index contributed by atoms with van der Waals surface area (Å²) in [5, 5.41) is 9.91. The topological polar surface area (TPSA) is 76.5 Å². The van der Waals surface area contributed by atoms with Crippen molar-refractivity contribution in [2.45, 2.75) is 6.54 Å². The molecule has 0 radical (unpaired) electrons. The Hall–Kier alpha value is -2.30. The van der Waals surface area contributed by atoms with Crippen LogP contribution in [0.5, 0.6) is 5.75 Å². The summed E-state index contributed by atoms with van der Waals surface area (Å²) in [7, 11) is 0. The first-order chi connectivity index (χ1) is 10.1. The second-order valence-electron chi connectivity index (χ2n) is 4.64. The molecular formula is C16H12ClNO3. The van der Waals surface area contributed by atoms with Crippen molar-refractivity contribution >= 4 is 22.6 Å².